The van der Waals surface area contributed by atoms with Gasteiger partial charge in [-0.25, -0.2) is 0 Å². The molecule has 1 aromatic heterocycles. The Bertz CT molecular complexity index is 725. The second-order valence-electron chi connectivity index (χ2n) is 5.78. The van der Waals surface area contributed by atoms with Crippen LogP contribution in [0.2, 0.25) is 5.02 Å². The van der Waals surface area contributed by atoms with E-state index in [1.165, 1.54) is 0 Å². The maximum atomic E-state index is 12.4. The van der Waals surface area contributed by atoms with E-state index in [0.717, 1.165) is 30.9 Å². The largest absolute Gasteiger partial charge is 0.496 e. The predicted octanol–water partition coefficient (Wildman–Crippen LogP) is 1.73. The fourth-order valence-electron chi connectivity index (χ4n) is 2.86. The summed E-state index contributed by atoms with van der Waals surface area (Å²) in [5, 5.41) is 11.0. The minimum atomic E-state index is -0.0683. The van der Waals surface area contributed by atoms with Crippen molar-refractivity contribution in [1.29, 1.82) is 0 Å². The number of ether oxygens (including phenoxy) is 1. The second-order valence-corrected chi connectivity index (χ2v) is 6.22. The quantitative estimate of drug-likeness (QED) is 0.910. The molecule has 2 aromatic rings. The van der Waals surface area contributed by atoms with Crippen LogP contribution in [0.5, 0.6) is 5.75 Å². The van der Waals surface area contributed by atoms with Crippen molar-refractivity contribution in [3.63, 3.8) is 0 Å². The van der Waals surface area contributed by atoms with Gasteiger partial charge >= 0.3 is 0 Å². The number of amides is 1. The number of methoxy groups -OCH3 is 1. The molecule has 1 fully saturated rings. The number of aromatic amines is 1. The smallest absolute Gasteiger partial charge is 0.276 e. The highest BCUT2D eigenvalue weighted by Gasteiger charge is 2.25. The topological polar surface area (TPSA) is 74.3 Å². The fourth-order valence-corrected chi connectivity index (χ4v) is 3.05. The van der Waals surface area contributed by atoms with Crippen molar-refractivity contribution in [3.8, 4) is 5.75 Å². The molecule has 3 rings (SSSR count). The van der Waals surface area contributed by atoms with Crippen LogP contribution in [0.15, 0.2) is 18.2 Å². The summed E-state index contributed by atoms with van der Waals surface area (Å²) in [5.41, 5.74) is 2.09. The summed E-state index contributed by atoms with van der Waals surface area (Å²) in [6.45, 7) is 5.42. The molecule has 0 unspecified atom stereocenters. The molecule has 8 heteroatoms. The zero-order chi connectivity index (χ0) is 17.1. The molecule has 0 radical (unpaired) electrons. The van der Waals surface area contributed by atoms with Crippen LogP contribution in [-0.4, -0.2) is 64.4 Å². The molecule has 0 aliphatic carbocycles. The molecule has 128 valence electrons. The average Bonchev–Trinajstić information content (AvgIpc) is 3.01. The van der Waals surface area contributed by atoms with Crippen molar-refractivity contribution in [1.82, 2.24) is 25.2 Å². The number of nitrogens with zero attached hydrogens (tertiary/aromatic N) is 4. The van der Waals surface area contributed by atoms with Gasteiger partial charge in [0.15, 0.2) is 5.69 Å². The third-order valence-corrected chi connectivity index (χ3v) is 4.46. The van der Waals surface area contributed by atoms with E-state index in [9.17, 15) is 4.79 Å². The Morgan fingerprint density at radius 2 is 2.04 bits per heavy atom. The van der Waals surface area contributed by atoms with Crippen LogP contribution < -0.4 is 4.74 Å². The molecule has 0 bridgehead atoms. The van der Waals surface area contributed by atoms with Crippen molar-refractivity contribution in [2.75, 3.05) is 33.3 Å². The number of piperazine rings is 1. The lowest BCUT2D eigenvalue weighted by Crippen LogP contribution is -2.48. The van der Waals surface area contributed by atoms with Crippen molar-refractivity contribution in [2.24, 2.45) is 0 Å². The number of carbonyl (C=O) groups excluding carboxylic acids is 1. The van der Waals surface area contributed by atoms with Gasteiger partial charge in [0.05, 0.1) is 12.8 Å². The van der Waals surface area contributed by atoms with Crippen molar-refractivity contribution in [2.45, 2.75) is 13.5 Å². The molecule has 1 amide bonds. The predicted molar refractivity (Wildman–Crippen MR) is 90.3 cm³/mol. The van der Waals surface area contributed by atoms with Crippen molar-refractivity contribution < 1.29 is 9.53 Å². The number of aryl methyl sites for hydroxylation is 1. The Morgan fingerprint density at radius 1 is 1.29 bits per heavy atom. The van der Waals surface area contributed by atoms with Crippen LogP contribution in [0.25, 0.3) is 0 Å². The third kappa shape index (κ3) is 3.52. The molecular formula is C16H20ClN5O2. The standard InChI is InChI=1S/C16H20ClN5O2/c1-11-15(19-20-18-11)16(23)22-7-5-21(6-8-22)10-12-9-13(17)3-4-14(12)24-2/h3-4,9H,5-8,10H2,1-2H3,(H,18,19,20). The van der Waals surface area contributed by atoms with E-state index < -0.39 is 0 Å². The van der Waals surface area contributed by atoms with E-state index in [1.54, 1.807) is 14.0 Å². The molecule has 0 spiro atoms. The lowest BCUT2D eigenvalue weighted by molar-refractivity contribution is 0.0621. The first-order valence-corrected chi connectivity index (χ1v) is 8.17. The minimum absolute atomic E-state index is 0.0683. The Balaban J connectivity index is 1.61. The molecule has 0 saturated carbocycles. The fraction of sp³-hybridized carbons (Fsp3) is 0.438. The molecule has 7 nitrogen and oxygen atoms in total. The van der Waals surface area contributed by atoms with Crippen molar-refractivity contribution >= 4 is 17.5 Å². The summed E-state index contributed by atoms with van der Waals surface area (Å²) in [5.74, 6) is 0.761. The number of hydrogen-bond donors (Lipinski definition) is 1. The summed E-state index contributed by atoms with van der Waals surface area (Å²) in [6, 6.07) is 5.63. The number of nitrogens with one attached hydrogen (secondary N) is 1. The normalized spacial score (nSPS) is 15.5. The van der Waals surface area contributed by atoms with Gasteiger partial charge in [0.1, 0.15) is 5.75 Å². The molecule has 1 saturated heterocycles. The van der Waals surface area contributed by atoms with Crippen LogP contribution in [0, 0.1) is 6.92 Å². The third-order valence-electron chi connectivity index (χ3n) is 4.22. The first kappa shape index (κ1) is 16.7. The molecular weight excluding hydrogens is 330 g/mol. The van der Waals surface area contributed by atoms with Gasteiger partial charge in [-0.05, 0) is 25.1 Å². The summed E-state index contributed by atoms with van der Waals surface area (Å²) >= 11 is 6.09. The number of halogens is 1. The summed E-state index contributed by atoms with van der Waals surface area (Å²) in [4.78, 5) is 16.5. The van der Waals surface area contributed by atoms with Gasteiger partial charge in [-0.2, -0.15) is 15.4 Å². The number of hydrogen-bond acceptors (Lipinski definition) is 5. The van der Waals surface area contributed by atoms with Crippen molar-refractivity contribution in [3.05, 3.63) is 40.2 Å². The van der Waals surface area contributed by atoms with Gasteiger partial charge in [0.25, 0.3) is 5.91 Å². The van der Waals surface area contributed by atoms with E-state index in [1.807, 2.05) is 23.1 Å². The van der Waals surface area contributed by atoms with E-state index in [2.05, 4.69) is 20.3 Å². The van der Waals surface area contributed by atoms with E-state index >= 15 is 0 Å². The Labute approximate surface area is 145 Å². The minimum Gasteiger partial charge on any atom is -0.496 e. The van der Waals surface area contributed by atoms with Gasteiger partial charge in [0, 0.05) is 43.3 Å². The van der Waals surface area contributed by atoms with E-state index in [0.29, 0.717) is 29.5 Å². The number of H-pyrrole nitrogens is 1. The molecule has 1 N–H and O–H groups in total. The zero-order valence-corrected chi connectivity index (χ0v) is 14.5. The highest BCUT2D eigenvalue weighted by molar-refractivity contribution is 6.30. The van der Waals surface area contributed by atoms with Gasteiger partial charge in [-0.1, -0.05) is 11.6 Å². The summed E-state index contributed by atoms with van der Waals surface area (Å²) in [6.07, 6.45) is 0. The Morgan fingerprint density at radius 3 is 2.67 bits per heavy atom. The number of benzene rings is 1. The average molecular weight is 350 g/mol. The Hall–Kier alpha value is -2.12. The SMILES string of the molecule is COc1ccc(Cl)cc1CN1CCN(C(=O)c2n[nH]nc2C)CC1. The molecule has 1 aliphatic rings. The maximum absolute atomic E-state index is 12.4. The number of aromatic nitrogens is 3. The van der Waals surface area contributed by atoms with Gasteiger partial charge in [-0.3, -0.25) is 9.69 Å². The lowest BCUT2D eigenvalue weighted by Gasteiger charge is -2.34. The maximum Gasteiger partial charge on any atom is 0.276 e. The molecule has 1 aliphatic heterocycles. The van der Waals surface area contributed by atoms with Gasteiger partial charge in [-0.15, -0.1) is 0 Å². The Kier molecular flexibility index (Phi) is 5.01. The first-order valence-electron chi connectivity index (χ1n) is 7.80. The molecule has 0 atom stereocenters. The van der Waals surface area contributed by atoms with Crippen LogP contribution in [0.4, 0.5) is 0 Å². The van der Waals surface area contributed by atoms with Gasteiger partial charge in [0.2, 0.25) is 0 Å². The van der Waals surface area contributed by atoms with Crippen LogP contribution in [-0.2, 0) is 6.54 Å². The van der Waals surface area contributed by atoms with Crippen LogP contribution in [0.1, 0.15) is 21.7 Å². The summed E-state index contributed by atoms with van der Waals surface area (Å²) < 4.78 is 5.39. The highest BCUT2D eigenvalue weighted by Crippen LogP contribution is 2.24. The lowest BCUT2D eigenvalue weighted by atomic mass is 10.1. The van der Waals surface area contributed by atoms with E-state index in [-0.39, 0.29) is 5.91 Å². The number of carbonyl (C=O) groups is 1. The van der Waals surface area contributed by atoms with Crippen LogP contribution >= 0.6 is 11.6 Å². The molecule has 2 heterocycles. The van der Waals surface area contributed by atoms with E-state index in [4.69, 9.17) is 16.3 Å². The molecule has 1 aromatic carbocycles. The number of rotatable bonds is 4. The zero-order valence-electron chi connectivity index (χ0n) is 13.8. The first-order chi connectivity index (χ1) is 11.6. The molecule has 24 heavy (non-hydrogen) atoms. The van der Waals surface area contributed by atoms with Crippen LogP contribution in [0.3, 0.4) is 0 Å². The highest BCUT2D eigenvalue weighted by atomic mass is 35.5. The summed E-state index contributed by atoms with van der Waals surface area (Å²) in [7, 11) is 1.66. The van der Waals surface area contributed by atoms with Gasteiger partial charge < -0.3 is 9.64 Å². The monoisotopic (exact) mass is 349 g/mol. The second kappa shape index (κ2) is 7.19.